The number of hydrogen-bond acceptors (Lipinski definition) is 2. The van der Waals surface area contributed by atoms with Crippen LogP contribution in [0.25, 0.3) is 0 Å². The molecule has 0 unspecified atom stereocenters. The molecule has 0 radical (unpaired) electrons. The summed E-state index contributed by atoms with van der Waals surface area (Å²) >= 11 is 0. The number of ether oxygens (including phenoxy) is 1. The van der Waals surface area contributed by atoms with Crippen LogP contribution in [0.2, 0.25) is 0 Å². The van der Waals surface area contributed by atoms with E-state index in [-0.39, 0.29) is 5.91 Å². The number of carbonyl (C=O) groups excluding carboxylic acids is 1. The Balaban J connectivity index is 3.04. The number of methoxy groups -OCH3 is 1. The zero-order chi connectivity index (χ0) is 11.4. The molecule has 0 fully saturated rings. The van der Waals surface area contributed by atoms with Gasteiger partial charge in [0.1, 0.15) is 5.75 Å². The highest BCUT2D eigenvalue weighted by atomic mass is 16.5. The Morgan fingerprint density at radius 3 is 2.53 bits per heavy atom. The fourth-order valence-corrected chi connectivity index (χ4v) is 1.47. The molecule has 0 aliphatic heterocycles. The maximum Gasteiger partial charge on any atom is 0.221 e. The van der Waals surface area contributed by atoms with Gasteiger partial charge in [-0.25, -0.2) is 0 Å². The van der Waals surface area contributed by atoms with Crippen LogP contribution >= 0.6 is 0 Å². The van der Waals surface area contributed by atoms with Crippen LogP contribution in [0, 0.1) is 0 Å². The van der Waals surface area contributed by atoms with E-state index in [2.05, 4.69) is 19.2 Å². The zero-order valence-electron chi connectivity index (χ0n) is 9.63. The molecule has 0 aromatic heterocycles. The predicted octanol–water partition coefficient (Wildman–Crippen LogP) is 2.78. The first-order chi connectivity index (χ1) is 7.04. The quantitative estimate of drug-likeness (QED) is 0.827. The number of anilines is 1. The predicted molar refractivity (Wildman–Crippen MR) is 61.4 cm³/mol. The van der Waals surface area contributed by atoms with Crippen molar-refractivity contribution in [3.05, 3.63) is 23.8 Å². The van der Waals surface area contributed by atoms with Crippen LogP contribution in [-0.2, 0) is 4.79 Å². The molecule has 0 aliphatic rings. The van der Waals surface area contributed by atoms with Crippen molar-refractivity contribution in [2.75, 3.05) is 12.4 Å². The molecule has 1 amide bonds. The highest BCUT2D eigenvalue weighted by Crippen LogP contribution is 2.28. The van der Waals surface area contributed by atoms with Gasteiger partial charge in [-0.2, -0.15) is 0 Å². The van der Waals surface area contributed by atoms with E-state index in [9.17, 15) is 4.79 Å². The van der Waals surface area contributed by atoms with Gasteiger partial charge < -0.3 is 10.1 Å². The minimum atomic E-state index is -0.0603. The molecule has 0 atom stereocenters. The van der Waals surface area contributed by atoms with Crippen LogP contribution in [0.1, 0.15) is 32.3 Å². The molecule has 0 saturated heterocycles. The van der Waals surface area contributed by atoms with Crippen molar-refractivity contribution in [3.8, 4) is 5.75 Å². The summed E-state index contributed by atoms with van der Waals surface area (Å²) in [7, 11) is 1.65. The van der Waals surface area contributed by atoms with Crippen molar-refractivity contribution in [1.82, 2.24) is 0 Å². The van der Waals surface area contributed by atoms with Gasteiger partial charge in [-0.15, -0.1) is 0 Å². The first-order valence-electron chi connectivity index (χ1n) is 5.00. The van der Waals surface area contributed by atoms with Crippen molar-refractivity contribution in [1.29, 1.82) is 0 Å². The SMILES string of the molecule is COc1ccc(NC(C)=O)cc1C(C)C. The molecule has 15 heavy (non-hydrogen) atoms. The van der Waals surface area contributed by atoms with Crippen LogP contribution in [0.5, 0.6) is 5.75 Å². The van der Waals surface area contributed by atoms with Crippen molar-refractivity contribution >= 4 is 11.6 Å². The minimum Gasteiger partial charge on any atom is -0.496 e. The number of rotatable bonds is 3. The Labute approximate surface area is 90.4 Å². The lowest BCUT2D eigenvalue weighted by Gasteiger charge is -2.13. The van der Waals surface area contributed by atoms with Crippen molar-refractivity contribution in [2.24, 2.45) is 0 Å². The van der Waals surface area contributed by atoms with Gasteiger partial charge in [-0.1, -0.05) is 13.8 Å². The Morgan fingerprint density at radius 1 is 1.40 bits per heavy atom. The largest absolute Gasteiger partial charge is 0.496 e. The number of amides is 1. The molecular weight excluding hydrogens is 190 g/mol. The van der Waals surface area contributed by atoms with Crippen molar-refractivity contribution in [3.63, 3.8) is 0 Å². The smallest absolute Gasteiger partial charge is 0.221 e. The third kappa shape index (κ3) is 2.98. The summed E-state index contributed by atoms with van der Waals surface area (Å²) in [4.78, 5) is 10.9. The third-order valence-electron chi connectivity index (χ3n) is 2.17. The van der Waals surface area contributed by atoms with Crippen LogP contribution in [0.4, 0.5) is 5.69 Å². The fourth-order valence-electron chi connectivity index (χ4n) is 1.47. The second kappa shape index (κ2) is 4.82. The normalized spacial score (nSPS) is 10.2. The second-order valence-corrected chi connectivity index (χ2v) is 3.79. The van der Waals surface area contributed by atoms with Gasteiger partial charge in [0.15, 0.2) is 0 Å². The number of benzene rings is 1. The highest BCUT2D eigenvalue weighted by molar-refractivity contribution is 5.88. The van der Waals surface area contributed by atoms with E-state index >= 15 is 0 Å². The average molecular weight is 207 g/mol. The van der Waals surface area contributed by atoms with Gasteiger partial charge in [0, 0.05) is 12.6 Å². The van der Waals surface area contributed by atoms with E-state index in [0.717, 1.165) is 17.0 Å². The van der Waals surface area contributed by atoms with Gasteiger partial charge in [-0.05, 0) is 29.7 Å². The highest BCUT2D eigenvalue weighted by Gasteiger charge is 2.08. The summed E-state index contributed by atoms with van der Waals surface area (Å²) < 4.78 is 5.25. The second-order valence-electron chi connectivity index (χ2n) is 3.79. The molecule has 1 aromatic carbocycles. The van der Waals surface area contributed by atoms with E-state index in [1.165, 1.54) is 6.92 Å². The Kier molecular flexibility index (Phi) is 3.72. The fraction of sp³-hybridized carbons (Fsp3) is 0.417. The molecule has 3 heteroatoms. The van der Waals surface area contributed by atoms with Gasteiger partial charge in [-0.3, -0.25) is 4.79 Å². The van der Waals surface area contributed by atoms with Crippen molar-refractivity contribution < 1.29 is 9.53 Å². The van der Waals surface area contributed by atoms with Crippen molar-refractivity contribution in [2.45, 2.75) is 26.7 Å². The van der Waals surface area contributed by atoms with Gasteiger partial charge in [0.05, 0.1) is 7.11 Å². The number of carbonyl (C=O) groups is 1. The molecule has 82 valence electrons. The molecule has 1 rings (SSSR count). The van der Waals surface area contributed by atoms with Crippen LogP contribution < -0.4 is 10.1 Å². The van der Waals surface area contributed by atoms with E-state index in [1.54, 1.807) is 7.11 Å². The summed E-state index contributed by atoms with van der Waals surface area (Å²) in [6, 6.07) is 5.66. The minimum absolute atomic E-state index is 0.0603. The summed E-state index contributed by atoms with van der Waals surface area (Å²) in [5.41, 5.74) is 1.91. The number of hydrogen-bond donors (Lipinski definition) is 1. The summed E-state index contributed by atoms with van der Waals surface area (Å²) in [6.45, 7) is 5.68. The molecule has 0 spiro atoms. The molecule has 1 aromatic rings. The molecule has 0 saturated carbocycles. The van der Waals surface area contributed by atoms with E-state index in [4.69, 9.17) is 4.74 Å². The van der Waals surface area contributed by atoms with Crippen LogP contribution in [0.15, 0.2) is 18.2 Å². The van der Waals surface area contributed by atoms with E-state index < -0.39 is 0 Å². The monoisotopic (exact) mass is 207 g/mol. The van der Waals surface area contributed by atoms with E-state index in [1.807, 2.05) is 18.2 Å². The lowest BCUT2D eigenvalue weighted by Crippen LogP contribution is -2.06. The lowest BCUT2D eigenvalue weighted by atomic mass is 10.0. The van der Waals surface area contributed by atoms with Gasteiger partial charge in [0.25, 0.3) is 0 Å². The Morgan fingerprint density at radius 2 is 2.07 bits per heavy atom. The van der Waals surface area contributed by atoms with Crippen LogP contribution in [-0.4, -0.2) is 13.0 Å². The average Bonchev–Trinajstić information content (AvgIpc) is 2.16. The topological polar surface area (TPSA) is 38.3 Å². The summed E-state index contributed by atoms with van der Waals surface area (Å²) in [5.74, 6) is 1.17. The maximum absolute atomic E-state index is 10.9. The standard InChI is InChI=1S/C12H17NO2/c1-8(2)11-7-10(13-9(3)14)5-6-12(11)15-4/h5-8H,1-4H3,(H,13,14). The first-order valence-corrected chi connectivity index (χ1v) is 5.00. The molecule has 0 heterocycles. The molecule has 1 N–H and O–H groups in total. The maximum atomic E-state index is 10.9. The Hall–Kier alpha value is -1.51. The Bertz CT molecular complexity index is 359. The van der Waals surface area contributed by atoms with E-state index in [0.29, 0.717) is 5.92 Å². The van der Waals surface area contributed by atoms with Crippen LogP contribution in [0.3, 0.4) is 0 Å². The van der Waals surface area contributed by atoms with Gasteiger partial charge in [0.2, 0.25) is 5.91 Å². The third-order valence-corrected chi connectivity index (χ3v) is 2.17. The first kappa shape index (κ1) is 11.6. The summed E-state index contributed by atoms with van der Waals surface area (Å²) in [6.07, 6.45) is 0. The molecule has 3 nitrogen and oxygen atoms in total. The van der Waals surface area contributed by atoms with Gasteiger partial charge >= 0.3 is 0 Å². The molecular formula is C12H17NO2. The summed E-state index contributed by atoms with van der Waals surface area (Å²) in [5, 5.41) is 2.76. The molecule has 0 bridgehead atoms. The molecule has 0 aliphatic carbocycles. The zero-order valence-corrected chi connectivity index (χ0v) is 9.63. The lowest BCUT2D eigenvalue weighted by molar-refractivity contribution is -0.114. The number of nitrogens with one attached hydrogen (secondary N) is 1.